The van der Waals surface area contributed by atoms with Crippen LogP contribution in [0.25, 0.3) is 0 Å². The van der Waals surface area contributed by atoms with E-state index < -0.39 is 5.97 Å². The van der Waals surface area contributed by atoms with Crippen LogP contribution in [0.4, 0.5) is 10.1 Å². The second kappa shape index (κ2) is 6.24. The van der Waals surface area contributed by atoms with Crippen molar-refractivity contribution in [1.29, 1.82) is 0 Å². The molecule has 0 aliphatic heterocycles. The molecule has 0 aromatic heterocycles. The molecule has 0 spiro atoms. The minimum atomic E-state index is -0.560. The molecule has 0 bridgehead atoms. The SMILES string of the molecule is Nc1cc(Cl)ccc1C(=O)OCc1ccc(F)cc1Br. The van der Waals surface area contributed by atoms with Crippen LogP contribution in [0, 0.1) is 5.82 Å². The van der Waals surface area contributed by atoms with E-state index in [1.807, 2.05) is 0 Å². The second-order valence-electron chi connectivity index (χ2n) is 4.04. The van der Waals surface area contributed by atoms with Gasteiger partial charge in [0, 0.05) is 20.7 Å². The Hall–Kier alpha value is -1.59. The molecule has 20 heavy (non-hydrogen) atoms. The zero-order chi connectivity index (χ0) is 14.7. The normalized spacial score (nSPS) is 10.3. The minimum Gasteiger partial charge on any atom is -0.457 e. The van der Waals surface area contributed by atoms with Gasteiger partial charge in [0.2, 0.25) is 0 Å². The maximum atomic E-state index is 12.9. The zero-order valence-corrected chi connectivity index (χ0v) is 12.5. The highest BCUT2D eigenvalue weighted by molar-refractivity contribution is 9.10. The van der Waals surface area contributed by atoms with Gasteiger partial charge in [0.05, 0.1) is 5.56 Å². The summed E-state index contributed by atoms with van der Waals surface area (Å²) in [7, 11) is 0. The Labute approximate surface area is 128 Å². The van der Waals surface area contributed by atoms with E-state index in [-0.39, 0.29) is 23.7 Å². The Bertz CT molecular complexity index is 664. The van der Waals surface area contributed by atoms with Gasteiger partial charge in [0.25, 0.3) is 0 Å². The van der Waals surface area contributed by atoms with Crippen LogP contribution in [-0.2, 0) is 11.3 Å². The Balaban J connectivity index is 2.08. The Kier molecular flexibility index (Phi) is 4.62. The van der Waals surface area contributed by atoms with Crippen LogP contribution in [0.3, 0.4) is 0 Å². The lowest BCUT2D eigenvalue weighted by Crippen LogP contribution is -2.08. The van der Waals surface area contributed by atoms with Crippen LogP contribution in [0.1, 0.15) is 15.9 Å². The standard InChI is InChI=1S/C14H10BrClFNO2/c15-12-6-10(17)3-1-8(12)7-20-14(19)11-4-2-9(16)5-13(11)18/h1-6H,7,18H2. The highest BCUT2D eigenvalue weighted by Crippen LogP contribution is 2.21. The fourth-order valence-electron chi connectivity index (χ4n) is 1.58. The third-order valence-corrected chi connectivity index (χ3v) is 3.58. The molecule has 104 valence electrons. The summed E-state index contributed by atoms with van der Waals surface area (Å²) in [5, 5.41) is 0.445. The number of halogens is 3. The molecule has 0 aliphatic rings. The third-order valence-electron chi connectivity index (χ3n) is 2.61. The van der Waals surface area contributed by atoms with Gasteiger partial charge in [-0.25, -0.2) is 9.18 Å². The molecule has 0 saturated carbocycles. The molecule has 3 nitrogen and oxygen atoms in total. The molecule has 6 heteroatoms. The summed E-state index contributed by atoms with van der Waals surface area (Å²) in [6.07, 6.45) is 0. The number of ether oxygens (including phenoxy) is 1. The van der Waals surface area contributed by atoms with E-state index in [1.165, 1.54) is 30.3 Å². The summed E-state index contributed by atoms with van der Waals surface area (Å²) in [6.45, 7) is 0.0156. The van der Waals surface area contributed by atoms with Crippen LogP contribution in [-0.4, -0.2) is 5.97 Å². The second-order valence-corrected chi connectivity index (χ2v) is 5.33. The smallest absolute Gasteiger partial charge is 0.340 e. The van der Waals surface area contributed by atoms with Crippen molar-refractivity contribution in [2.45, 2.75) is 6.61 Å². The monoisotopic (exact) mass is 357 g/mol. The maximum Gasteiger partial charge on any atom is 0.340 e. The summed E-state index contributed by atoms with van der Waals surface area (Å²) in [6, 6.07) is 8.68. The minimum absolute atomic E-state index is 0.0156. The van der Waals surface area contributed by atoms with Crippen LogP contribution in [0.15, 0.2) is 40.9 Å². The Morgan fingerprint density at radius 1 is 1.30 bits per heavy atom. The van der Waals surface area contributed by atoms with E-state index in [2.05, 4.69) is 15.9 Å². The number of rotatable bonds is 3. The first kappa shape index (κ1) is 14.8. The summed E-state index contributed by atoms with van der Waals surface area (Å²) in [5.41, 5.74) is 6.85. The van der Waals surface area contributed by atoms with Gasteiger partial charge in [0.1, 0.15) is 12.4 Å². The number of nitrogens with two attached hydrogens (primary N) is 1. The van der Waals surface area contributed by atoms with E-state index in [4.69, 9.17) is 22.1 Å². The fraction of sp³-hybridized carbons (Fsp3) is 0.0714. The molecular weight excluding hydrogens is 349 g/mol. The number of esters is 1. The molecule has 0 saturated heterocycles. The summed E-state index contributed by atoms with van der Waals surface area (Å²) >= 11 is 8.96. The van der Waals surface area contributed by atoms with Crippen LogP contribution < -0.4 is 5.73 Å². The summed E-state index contributed by atoms with van der Waals surface area (Å²) in [5.74, 6) is -0.927. The Morgan fingerprint density at radius 3 is 2.70 bits per heavy atom. The van der Waals surface area contributed by atoms with Crippen molar-refractivity contribution in [2.24, 2.45) is 0 Å². The zero-order valence-electron chi connectivity index (χ0n) is 10.2. The molecule has 0 aliphatic carbocycles. The van der Waals surface area contributed by atoms with E-state index >= 15 is 0 Å². The van der Waals surface area contributed by atoms with Gasteiger partial charge in [-0.2, -0.15) is 0 Å². The summed E-state index contributed by atoms with van der Waals surface area (Å²) < 4.78 is 18.6. The van der Waals surface area contributed by atoms with Crippen molar-refractivity contribution in [1.82, 2.24) is 0 Å². The lowest BCUT2D eigenvalue weighted by atomic mass is 10.2. The lowest BCUT2D eigenvalue weighted by molar-refractivity contribution is 0.0473. The van der Waals surface area contributed by atoms with E-state index in [0.717, 1.165) is 0 Å². The predicted octanol–water partition coefficient (Wildman–Crippen LogP) is 4.18. The van der Waals surface area contributed by atoms with Crippen molar-refractivity contribution in [3.8, 4) is 0 Å². The quantitative estimate of drug-likeness (QED) is 0.661. The van der Waals surface area contributed by atoms with Crippen molar-refractivity contribution in [3.63, 3.8) is 0 Å². The summed E-state index contributed by atoms with van der Waals surface area (Å²) in [4.78, 5) is 11.9. The van der Waals surface area contributed by atoms with Gasteiger partial charge in [0.15, 0.2) is 0 Å². The van der Waals surface area contributed by atoms with Crippen molar-refractivity contribution in [2.75, 3.05) is 5.73 Å². The van der Waals surface area contributed by atoms with Gasteiger partial charge in [-0.05, 0) is 30.3 Å². The molecule has 0 atom stereocenters. The van der Waals surface area contributed by atoms with Crippen LogP contribution in [0.5, 0.6) is 0 Å². The average Bonchev–Trinajstić information content (AvgIpc) is 2.37. The number of carbonyl (C=O) groups excluding carboxylic acids is 1. The number of benzene rings is 2. The van der Waals surface area contributed by atoms with Crippen LogP contribution >= 0.6 is 27.5 Å². The fourth-order valence-corrected chi connectivity index (χ4v) is 2.23. The molecule has 0 amide bonds. The van der Waals surface area contributed by atoms with Crippen molar-refractivity contribution >= 4 is 39.2 Å². The predicted molar refractivity (Wildman–Crippen MR) is 79.1 cm³/mol. The Morgan fingerprint density at radius 2 is 2.05 bits per heavy atom. The maximum absolute atomic E-state index is 12.9. The molecule has 0 unspecified atom stereocenters. The molecule has 0 radical (unpaired) electrons. The molecular formula is C14H10BrClFNO2. The third kappa shape index (κ3) is 3.49. The molecule has 0 fully saturated rings. The highest BCUT2D eigenvalue weighted by Gasteiger charge is 2.12. The first-order chi connectivity index (χ1) is 9.47. The average molecular weight is 359 g/mol. The van der Waals surface area contributed by atoms with Crippen molar-refractivity contribution in [3.05, 3.63) is 62.8 Å². The van der Waals surface area contributed by atoms with E-state index in [0.29, 0.717) is 15.1 Å². The first-order valence-electron chi connectivity index (χ1n) is 5.63. The van der Waals surface area contributed by atoms with Crippen molar-refractivity contribution < 1.29 is 13.9 Å². The molecule has 2 rings (SSSR count). The lowest BCUT2D eigenvalue weighted by Gasteiger charge is -2.08. The van der Waals surface area contributed by atoms with Gasteiger partial charge >= 0.3 is 5.97 Å². The molecule has 2 N–H and O–H groups in total. The molecule has 2 aromatic rings. The first-order valence-corrected chi connectivity index (χ1v) is 6.80. The number of hydrogen-bond acceptors (Lipinski definition) is 3. The topological polar surface area (TPSA) is 52.3 Å². The van der Waals surface area contributed by atoms with Gasteiger partial charge in [-0.1, -0.05) is 33.6 Å². The van der Waals surface area contributed by atoms with Gasteiger partial charge < -0.3 is 10.5 Å². The number of hydrogen-bond donors (Lipinski definition) is 1. The molecule has 0 heterocycles. The van der Waals surface area contributed by atoms with E-state index in [9.17, 15) is 9.18 Å². The van der Waals surface area contributed by atoms with Gasteiger partial charge in [-0.15, -0.1) is 0 Å². The highest BCUT2D eigenvalue weighted by atomic mass is 79.9. The largest absolute Gasteiger partial charge is 0.457 e. The van der Waals surface area contributed by atoms with Crippen LogP contribution in [0.2, 0.25) is 5.02 Å². The van der Waals surface area contributed by atoms with E-state index in [1.54, 1.807) is 6.07 Å². The number of carbonyl (C=O) groups is 1. The number of anilines is 1. The number of nitrogen functional groups attached to an aromatic ring is 1. The van der Waals surface area contributed by atoms with Gasteiger partial charge in [-0.3, -0.25) is 0 Å². The molecule has 2 aromatic carbocycles.